The van der Waals surface area contributed by atoms with Gasteiger partial charge in [-0.3, -0.25) is 9.59 Å². The summed E-state index contributed by atoms with van der Waals surface area (Å²) >= 11 is 5.96. The Labute approximate surface area is 122 Å². The minimum Gasteiger partial charge on any atom is -0.495 e. The monoisotopic (exact) mass is 297 g/mol. The molecular weight excluding hydrogens is 282 g/mol. The van der Waals surface area contributed by atoms with Crippen molar-refractivity contribution in [2.75, 3.05) is 25.2 Å². The van der Waals surface area contributed by atoms with E-state index in [0.717, 1.165) is 0 Å². The van der Waals surface area contributed by atoms with Crippen molar-refractivity contribution < 1.29 is 19.1 Å². The lowest BCUT2D eigenvalue weighted by Crippen LogP contribution is -2.26. The van der Waals surface area contributed by atoms with Gasteiger partial charge in [0.05, 0.1) is 25.3 Å². The number of anilines is 1. The van der Waals surface area contributed by atoms with E-state index in [2.05, 4.69) is 0 Å². The quantitative estimate of drug-likeness (QED) is 0.800. The number of amides is 1. The van der Waals surface area contributed by atoms with Crippen molar-refractivity contribution in [3.63, 3.8) is 0 Å². The molecule has 1 aliphatic heterocycles. The van der Waals surface area contributed by atoms with E-state index in [1.165, 1.54) is 12.0 Å². The molecule has 0 spiro atoms. The molecule has 0 aromatic heterocycles. The van der Waals surface area contributed by atoms with Crippen LogP contribution in [-0.4, -0.2) is 32.1 Å². The van der Waals surface area contributed by atoms with E-state index in [4.69, 9.17) is 21.1 Å². The second-order valence-electron chi connectivity index (χ2n) is 4.47. The fourth-order valence-electron chi connectivity index (χ4n) is 2.23. The molecule has 0 N–H and O–H groups in total. The number of nitrogens with zero attached hydrogens (tertiary/aromatic N) is 1. The fraction of sp³-hybridized carbons (Fsp3) is 0.429. The molecule has 0 radical (unpaired) electrons. The summed E-state index contributed by atoms with van der Waals surface area (Å²) in [5, 5.41) is 0.508. The van der Waals surface area contributed by atoms with Gasteiger partial charge < -0.3 is 14.4 Å². The molecule has 1 aromatic rings. The van der Waals surface area contributed by atoms with Gasteiger partial charge in [0.15, 0.2) is 0 Å². The molecule has 1 fully saturated rings. The molecule has 108 valence electrons. The SMILES string of the molecule is CCOC(=O)[C@@H]1CC(=O)N(c2cc(Cl)ccc2OC)C1. The summed E-state index contributed by atoms with van der Waals surface area (Å²) < 4.78 is 10.2. The van der Waals surface area contributed by atoms with Gasteiger partial charge in [0.2, 0.25) is 5.91 Å². The van der Waals surface area contributed by atoms with E-state index in [9.17, 15) is 9.59 Å². The molecule has 2 rings (SSSR count). The number of methoxy groups -OCH3 is 1. The summed E-state index contributed by atoms with van der Waals surface area (Å²) in [5.41, 5.74) is 0.580. The van der Waals surface area contributed by atoms with Crippen LogP contribution in [0.25, 0.3) is 0 Å². The van der Waals surface area contributed by atoms with Crippen LogP contribution in [0.3, 0.4) is 0 Å². The maximum Gasteiger partial charge on any atom is 0.311 e. The molecule has 0 bridgehead atoms. The van der Waals surface area contributed by atoms with Crippen LogP contribution in [0.5, 0.6) is 5.75 Å². The lowest BCUT2D eigenvalue weighted by atomic mass is 10.1. The molecule has 0 aliphatic carbocycles. The molecule has 1 atom stereocenters. The van der Waals surface area contributed by atoms with Crippen LogP contribution in [0, 0.1) is 5.92 Å². The molecule has 0 unspecified atom stereocenters. The van der Waals surface area contributed by atoms with Crippen molar-refractivity contribution in [1.82, 2.24) is 0 Å². The third-order valence-electron chi connectivity index (χ3n) is 3.18. The highest BCUT2D eigenvalue weighted by molar-refractivity contribution is 6.31. The average molecular weight is 298 g/mol. The van der Waals surface area contributed by atoms with E-state index in [0.29, 0.717) is 23.1 Å². The lowest BCUT2D eigenvalue weighted by Gasteiger charge is -2.19. The molecule has 1 heterocycles. The van der Waals surface area contributed by atoms with Crippen molar-refractivity contribution in [3.05, 3.63) is 23.2 Å². The predicted octanol–water partition coefficient (Wildman–Crippen LogP) is 2.26. The number of ether oxygens (including phenoxy) is 2. The minimum absolute atomic E-state index is 0.136. The van der Waals surface area contributed by atoms with E-state index < -0.39 is 5.92 Å². The van der Waals surface area contributed by atoms with Gasteiger partial charge >= 0.3 is 5.97 Å². The smallest absolute Gasteiger partial charge is 0.311 e. The summed E-state index contributed by atoms with van der Waals surface area (Å²) in [6.45, 7) is 2.34. The van der Waals surface area contributed by atoms with E-state index in [-0.39, 0.29) is 24.8 Å². The Hall–Kier alpha value is -1.75. The second kappa shape index (κ2) is 6.13. The normalized spacial score (nSPS) is 18.2. The third-order valence-corrected chi connectivity index (χ3v) is 3.41. The standard InChI is InChI=1S/C14H16ClNO4/c1-3-20-14(18)9-6-13(17)16(8-9)11-7-10(15)4-5-12(11)19-2/h4-5,7,9H,3,6,8H2,1-2H3/t9-/m1/s1. The van der Waals surface area contributed by atoms with Gasteiger partial charge in [0, 0.05) is 18.0 Å². The van der Waals surface area contributed by atoms with Crippen LogP contribution in [-0.2, 0) is 14.3 Å². The van der Waals surface area contributed by atoms with E-state index in [1.807, 2.05) is 0 Å². The first-order valence-electron chi connectivity index (χ1n) is 6.37. The summed E-state index contributed by atoms with van der Waals surface area (Å²) in [4.78, 5) is 25.3. The van der Waals surface area contributed by atoms with Gasteiger partial charge in [-0.15, -0.1) is 0 Å². The van der Waals surface area contributed by atoms with Gasteiger partial charge in [-0.25, -0.2) is 0 Å². The summed E-state index contributed by atoms with van der Waals surface area (Å²) in [6.07, 6.45) is 0.147. The summed E-state index contributed by atoms with van der Waals surface area (Å²) in [6, 6.07) is 5.04. The lowest BCUT2D eigenvalue weighted by molar-refractivity contribution is -0.147. The molecule has 0 saturated carbocycles. The molecule has 1 amide bonds. The van der Waals surface area contributed by atoms with Crippen molar-refractivity contribution in [1.29, 1.82) is 0 Å². The average Bonchev–Trinajstić information content (AvgIpc) is 2.81. The Bertz CT molecular complexity index is 532. The van der Waals surface area contributed by atoms with Gasteiger partial charge in [-0.2, -0.15) is 0 Å². The maximum absolute atomic E-state index is 12.1. The van der Waals surface area contributed by atoms with Gasteiger partial charge in [-0.05, 0) is 25.1 Å². The van der Waals surface area contributed by atoms with E-state index in [1.54, 1.807) is 25.1 Å². The first kappa shape index (κ1) is 14.7. The van der Waals surface area contributed by atoms with Crippen LogP contribution in [0.15, 0.2) is 18.2 Å². The largest absolute Gasteiger partial charge is 0.495 e. The number of carbonyl (C=O) groups is 2. The van der Waals surface area contributed by atoms with E-state index >= 15 is 0 Å². The number of rotatable bonds is 4. The Morgan fingerprint density at radius 3 is 2.90 bits per heavy atom. The van der Waals surface area contributed by atoms with Crippen LogP contribution >= 0.6 is 11.6 Å². The Balaban J connectivity index is 2.24. The number of halogens is 1. The van der Waals surface area contributed by atoms with Gasteiger partial charge in [0.1, 0.15) is 5.75 Å². The molecule has 20 heavy (non-hydrogen) atoms. The number of carbonyl (C=O) groups excluding carboxylic acids is 2. The van der Waals surface area contributed by atoms with Gasteiger partial charge in [-0.1, -0.05) is 11.6 Å². The summed E-state index contributed by atoms with van der Waals surface area (Å²) in [7, 11) is 1.52. The second-order valence-corrected chi connectivity index (χ2v) is 4.91. The molecule has 5 nitrogen and oxygen atoms in total. The zero-order valence-electron chi connectivity index (χ0n) is 11.4. The topological polar surface area (TPSA) is 55.8 Å². The maximum atomic E-state index is 12.1. The number of hydrogen-bond acceptors (Lipinski definition) is 4. The zero-order chi connectivity index (χ0) is 14.7. The highest BCUT2D eigenvalue weighted by Crippen LogP contribution is 2.35. The zero-order valence-corrected chi connectivity index (χ0v) is 12.1. The van der Waals surface area contributed by atoms with Crippen molar-refractivity contribution in [2.24, 2.45) is 5.92 Å². The van der Waals surface area contributed by atoms with Crippen molar-refractivity contribution in [3.8, 4) is 5.75 Å². The molecule has 6 heteroatoms. The molecule has 1 aliphatic rings. The highest BCUT2D eigenvalue weighted by atomic mass is 35.5. The number of esters is 1. The number of hydrogen-bond donors (Lipinski definition) is 0. The molecular formula is C14H16ClNO4. The molecule has 1 aromatic carbocycles. The number of benzene rings is 1. The minimum atomic E-state index is -0.439. The van der Waals surface area contributed by atoms with Gasteiger partial charge in [0.25, 0.3) is 0 Å². The Kier molecular flexibility index (Phi) is 4.49. The fourth-order valence-corrected chi connectivity index (χ4v) is 2.40. The Morgan fingerprint density at radius 2 is 2.25 bits per heavy atom. The first-order valence-corrected chi connectivity index (χ1v) is 6.75. The van der Waals surface area contributed by atoms with Crippen LogP contribution in [0.4, 0.5) is 5.69 Å². The summed E-state index contributed by atoms with van der Waals surface area (Å²) in [5.74, 6) is -0.369. The third kappa shape index (κ3) is 2.88. The van der Waals surface area contributed by atoms with Crippen LogP contribution in [0.1, 0.15) is 13.3 Å². The first-order chi connectivity index (χ1) is 9.56. The Morgan fingerprint density at radius 1 is 1.50 bits per heavy atom. The molecule has 1 saturated heterocycles. The van der Waals surface area contributed by atoms with Crippen LogP contribution in [0.2, 0.25) is 5.02 Å². The highest BCUT2D eigenvalue weighted by Gasteiger charge is 2.37. The van der Waals surface area contributed by atoms with Crippen molar-refractivity contribution in [2.45, 2.75) is 13.3 Å². The predicted molar refractivity (Wildman–Crippen MR) is 75.1 cm³/mol. The van der Waals surface area contributed by atoms with Crippen LogP contribution < -0.4 is 9.64 Å². The van der Waals surface area contributed by atoms with Crippen molar-refractivity contribution >= 4 is 29.2 Å².